The lowest BCUT2D eigenvalue weighted by atomic mass is 9.96. The van der Waals surface area contributed by atoms with Crippen molar-refractivity contribution in [2.24, 2.45) is 0 Å². The number of nitrogens with zero attached hydrogens (tertiary/aromatic N) is 1. The zero-order valence-electron chi connectivity index (χ0n) is 13.9. The molecule has 0 aliphatic carbocycles. The summed E-state index contributed by atoms with van der Waals surface area (Å²) in [5.74, 6) is 0. The molecule has 2 unspecified atom stereocenters. The number of aryl methyl sites for hydroxylation is 2. The van der Waals surface area contributed by atoms with E-state index in [0.717, 1.165) is 24.7 Å². The van der Waals surface area contributed by atoms with Crippen molar-refractivity contribution in [3.63, 3.8) is 0 Å². The van der Waals surface area contributed by atoms with Gasteiger partial charge < -0.3 is 5.32 Å². The van der Waals surface area contributed by atoms with Crippen molar-refractivity contribution >= 4 is 0 Å². The molecule has 1 aromatic rings. The van der Waals surface area contributed by atoms with Gasteiger partial charge in [-0.25, -0.2) is 0 Å². The third kappa shape index (κ3) is 3.49. The molecular formula is C19H30N2. The maximum atomic E-state index is 3.77. The Morgan fingerprint density at radius 2 is 1.86 bits per heavy atom. The maximum Gasteiger partial charge on any atom is 0.0239 e. The van der Waals surface area contributed by atoms with Crippen molar-refractivity contribution in [3.05, 3.63) is 34.9 Å². The van der Waals surface area contributed by atoms with Crippen molar-refractivity contribution in [1.29, 1.82) is 0 Å². The normalized spacial score (nSPS) is 28.3. The zero-order chi connectivity index (χ0) is 14.8. The van der Waals surface area contributed by atoms with Crippen LogP contribution in [0.5, 0.6) is 0 Å². The van der Waals surface area contributed by atoms with Gasteiger partial charge in [0.05, 0.1) is 0 Å². The van der Waals surface area contributed by atoms with Crippen LogP contribution in [-0.2, 0) is 6.54 Å². The Hall–Kier alpha value is -0.860. The zero-order valence-corrected chi connectivity index (χ0v) is 13.9. The van der Waals surface area contributed by atoms with Crippen LogP contribution in [0.1, 0.15) is 55.7 Å². The van der Waals surface area contributed by atoms with Gasteiger partial charge in [-0.15, -0.1) is 0 Å². The van der Waals surface area contributed by atoms with E-state index >= 15 is 0 Å². The molecule has 0 aromatic heterocycles. The van der Waals surface area contributed by atoms with E-state index in [1.165, 1.54) is 55.3 Å². The van der Waals surface area contributed by atoms with Gasteiger partial charge in [0.25, 0.3) is 0 Å². The molecule has 2 heteroatoms. The van der Waals surface area contributed by atoms with Gasteiger partial charge in [-0.2, -0.15) is 0 Å². The second kappa shape index (κ2) is 6.50. The fourth-order valence-corrected chi connectivity index (χ4v) is 4.19. The molecule has 0 radical (unpaired) electrons. The van der Waals surface area contributed by atoms with E-state index in [4.69, 9.17) is 0 Å². The molecule has 1 aromatic carbocycles. The van der Waals surface area contributed by atoms with E-state index in [1.807, 2.05) is 0 Å². The van der Waals surface area contributed by atoms with Gasteiger partial charge in [-0.05, 0) is 63.6 Å². The first kappa shape index (κ1) is 15.1. The molecule has 2 saturated heterocycles. The van der Waals surface area contributed by atoms with Gasteiger partial charge in [-0.3, -0.25) is 4.90 Å². The molecular weight excluding hydrogens is 256 g/mol. The van der Waals surface area contributed by atoms with Gasteiger partial charge in [-0.1, -0.05) is 30.7 Å². The Labute approximate surface area is 129 Å². The molecule has 2 atom stereocenters. The molecule has 1 N–H and O–H groups in total. The van der Waals surface area contributed by atoms with Gasteiger partial charge in [0.2, 0.25) is 0 Å². The van der Waals surface area contributed by atoms with Crippen LogP contribution in [0.15, 0.2) is 18.2 Å². The molecule has 2 heterocycles. The molecule has 0 spiro atoms. The third-order valence-corrected chi connectivity index (χ3v) is 5.35. The van der Waals surface area contributed by atoms with Crippen molar-refractivity contribution < 1.29 is 0 Å². The molecule has 2 fully saturated rings. The predicted octanol–water partition coefficient (Wildman–Crippen LogP) is 3.80. The molecule has 2 bridgehead atoms. The Morgan fingerprint density at radius 1 is 1.14 bits per heavy atom. The van der Waals surface area contributed by atoms with Crippen molar-refractivity contribution in [2.45, 2.75) is 77.5 Å². The molecule has 0 saturated carbocycles. The molecule has 116 valence electrons. The van der Waals surface area contributed by atoms with Gasteiger partial charge in [0.1, 0.15) is 0 Å². The topological polar surface area (TPSA) is 15.3 Å². The highest BCUT2D eigenvalue weighted by Gasteiger charge is 2.35. The molecule has 2 nitrogen and oxygen atoms in total. The predicted molar refractivity (Wildman–Crippen MR) is 89.6 cm³/mol. The minimum absolute atomic E-state index is 0.781. The second-order valence-electron chi connectivity index (χ2n) is 7.16. The number of hydrogen-bond acceptors (Lipinski definition) is 2. The minimum Gasteiger partial charge on any atom is -0.311 e. The van der Waals surface area contributed by atoms with Crippen molar-refractivity contribution in [1.82, 2.24) is 10.2 Å². The first-order valence-electron chi connectivity index (χ1n) is 8.72. The number of hydrogen-bond donors (Lipinski definition) is 1. The Balaban J connectivity index is 1.73. The van der Waals surface area contributed by atoms with E-state index in [-0.39, 0.29) is 0 Å². The molecule has 21 heavy (non-hydrogen) atoms. The summed E-state index contributed by atoms with van der Waals surface area (Å²) in [7, 11) is 0. The van der Waals surface area contributed by atoms with E-state index < -0.39 is 0 Å². The number of benzene rings is 1. The van der Waals surface area contributed by atoms with Crippen LogP contribution < -0.4 is 5.32 Å². The van der Waals surface area contributed by atoms with Gasteiger partial charge >= 0.3 is 0 Å². The van der Waals surface area contributed by atoms with Crippen LogP contribution in [-0.4, -0.2) is 29.6 Å². The SMILES string of the molecule is CCCN(Cc1cc(C)ccc1C)C1CC2CCC(C1)N2. The average molecular weight is 286 g/mol. The van der Waals surface area contributed by atoms with E-state index in [0.29, 0.717) is 0 Å². The van der Waals surface area contributed by atoms with E-state index in [2.05, 4.69) is 49.2 Å². The summed E-state index contributed by atoms with van der Waals surface area (Å²) in [5, 5.41) is 3.77. The standard InChI is InChI=1S/C19H30N2/c1-4-9-21(13-16-10-14(2)5-6-15(16)3)19-11-17-7-8-18(12-19)20-17/h5-6,10,17-20H,4,7-9,11-13H2,1-3H3. The van der Waals surface area contributed by atoms with Crippen LogP contribution >= 0.6 is 0 Å². The van der Waals surface area contributed by atoms with Crippen LogP contribution in [0.25, 0.3) is 0 Å². The lowest BCUT2D eigenvalue weighted by Crippen LogP contribution is -2.48. The van der Waals surface area contributed by atoms with Crippen LogP contribution in [0, 0.1) is 13.8 Å². The quantitative estimate of drug-likeness (QED) is 0.885. The minimum atomic E-state index is 0.781. The molecule has 0 amide bonds. The van der Waals surface area contributed by atoms with Gasteiger partial charge in [0.15, 0.2) is 0 Å². The summed E-state index contributed by atoms with van der Waals surface area (Å²) >= 11 is 0. The highest BCUT2D eigenvalue weighted by Crippen LogP contribution is 2.31. The van der Waals surface area contributed by atoms with E-state index in [9.17, 15) is 0 Å². The first-order chi connectivity index (χ1) is 10.2. The fraction of sp³-hybridized carbons (Fsp3) is 0.684. The van der Waals surface area contributed by atoms with Crippen LogP contribution in [0.2, 0.25) is 0 Å². The largest absolute Gasteiger partial charge is 0.311 e. The lowest BCUT2D eigenvalue weighted by Gasteiger charge is -2.38. The monoisotopic (exact) mass is 286 g/mol. The van der Waals surface area contributed by atoms with Gasteiger partial charge in [0, 0.05) is 24.7 Å². The van der Waals surface area contributed by atoms with Crippen LogP contribution in [0.3, 0.4) is 0 Å². The van der Waals surface area contributed by atoms with Crippen molar-refractivity contribution in [2.75, 3.05) is 6.54 Å². The first-order valence-corrected chi connectivity index (χ1v) is 8.72. The maximum absolute atomic E-state index is 3.77. The number of nitrogens with one attached hydrogen (secondary N) is 1. The Bertz CT molecular complexity index is 470. The summed E-state index contributed by atoms with van der Waals surface area (Å²) in [4.78, 5) is 2.76. The summed E-state index contributed by atoms with van der Waals surface area (Å²) < 4.78 is 0. The summed E-state index contributed by atoms with van der Waals surface area (Å²) in [6.07, 6.45) is 6.74. The van der Waals surface area contributed by atoms with Crippen molar-refractivity contribution in [3.8, 4) is 0 Å². The number of fused-ring (bicyclic) bond motifs is 2. The smallest absolute Gasteiger partial charge is 0.0239 e. The Morgan fingerprint density at radius 3 is 2.52 bits per heavy atom. The highest BCUT2D eigenvalue weighted by atomic mass is 15.2. The second-order valence-corrected chi connectivity index (χ2v) is 7.16. The summed E-state index contributed by atoms with van der Waals surface area (Å²) in [6.45, 7) is 9.14. The lowest BCUT2D eigenvalue weighted by molar-refractivity contribution is 0.133. The molecule has 3 rings (SSSR count). The highest BCUT2D eigenvalue weighted by molar-refractivity contribution is 5.30. The fourth-order valence-electron chi connectivity index (χ4n) is 4.19. The molecule has 2 aliphatic heterocycles. The summed E-state index contributed by atoms with van der Waals surface area (Å²) in [6, 6.07) is 9.24. The number of rotatable bonds is 5. The van der Waals surface area contributed by atoms with Crippen LogP contribution in [0.4, 0.5) is 0 Å². The third-order valence-electron chi connectivity index (χ3n) is 5.35. The van der Waals surface area contributed by atoms with E-state index in [1.54, 1.807) is 0 Å². The number of piperidine rings is 1. The summed E-state index contributed by atoms with van der Waals surface area (Å²) in [5.41, 5.74) is 4.35. The molecule has 2 aliphatic rings. The Kier molecular flexibility index (Phi) is 4.66. The average Bonchev–Trinajstić information content (AvgIpc) is 2.81.